The summed E-state index contributed by atoms with van der Waals surface area (Å²) < 4.78 is 0. The molecule has 2 saturated carbocycles. The molecule has 4 unspecified atom stereocenters. The summed E-state index contributed by atoms with van der Waals surface area (Å²) in [7, 11) is 0. The Morgan fingerprint density at radius 3 is 1.84 bits per heavy atom. The molecule has 1 spiro atoms. The first-order valence-corrected chi connectivity index (χ1v) is 7.00. The van der Waals surface area contributed by atoms with Gasteiger partial charge in [0.25, 0.3) is 0 Å². The molecule has 0 aromatic heterocycles. The minimum absolute atomic E-state index is 0.0133. The van der Waals surface area contributed by atoms with Crippen LogP contribution >= 0.6 is 0 Å². The van der Waals surface area contributed by atoms with E-state index in [0.29, 0.717) is 0 Å². The van der Waals surface area contributed by atoms with Crippen LogP contribution in [0.1, 0.15) is 25.7 Å². The van der Waals surface area contributed by atoms with Gasteiger partial charge in [-0.3, -0.25) is 0 Å². The van der Waals surface area contributed by atoms with Gasteiger partial charge in [0.05, 0.1) is 30.1 Å². The minimum atomic E-state index is -0.190. The van der Waals surface area contributed by atoms with Crippen molar-refractivity contribution >= 4 is 11.4 Å². The topological polar surface area (TPSA) is 83.6 Å². The third kappa shape index (κ3) is 1.33. The molecule has 4 atom stereocenters. The number of rotatable bonds is 2. The number of aliphatic hydroxyl groups excluding tert-OH is 2. The molecule has 0 amide bonds. The second-order valence-corrected chi connectivity index (χ2v) is 5.98. The van der Waals surface area contributed by atoms with Gasteiger partial charge in [0.2, 0.25) is 0 Å². The van der Waals surface area contributed by atoms with E-state index in [-0.39, 0.29) is 42.7 Å². The highest BCUT2D eigenvalue weighted by molar-refractivity contribution is 6.16. The van der Waals surface area contributed by atoms with Crippen LogP contribution in [-0.4, -0.2) is 47.1 Å². The summed E-state index contributed by atoms with van der Waals surface area (Å²) in [5.41, 5.74) is 1.98. The molecule has 0 radical (unpaired) electrons. The van der Waals surface area contributed by atoms with Gasteiger partial charge in [0.15, 0.2) is 12.2 Å². The van der Waals surface area contributed by atoms with Crippen LogP contribution in [-0.2, 0) is 9.68 Å². The molecule has 4 rings (SSSR count). The Kier molecular flexibility index (Phi) is 2.41. The second-order valence-electron chi connectivity index (χ2n) is 5.98. The molecule has 0 bridgehead atoms. The fourth-order valence-corrected chi connectivity index (χ4v) is 4.31. The molecule has 104 valence electrons. The zero-order valence-corrected chi connectivity index (χ0v) is 10.7. The number of oxime groups is 2. The van der Waals surface area contributed by atoms with Gasteiger partial charge in [0.1, 0.15) is 0 Å². The van der Waals surface area contributed by atoms with Crippen LogP contribution in [0.5, 0.6) is 0 Å². The average molecular weight is 266 g/mol. The van der Waals surface area contributed by atoms with Gasteiger partial charge in [-0.2, -0.15) is 0 Å². The van der Waals surface area contributed by atoms with Crippen molar-refractivity contribution in [2.45, 2.75) is 37.9 Å². The lowest BCUT2D eigenvalue weighted by Gasteiger charge is -2.22. The summed E-state index contributed by atoms with van der Waals surface area (Å²) in [6, 6.07) is 0. The average Bonchev–Trinajstić information content (AvgIpc) is 3.15. The van der Waals surface area contributed by atoms with Gasteiger partial charge >= 0.3 is 0 Å². The molecule has 0 saturated heterocycles. The van der Waals surface area contributed by atoms with Crippen molar-refractivity contribution in [2.24, 2.45) is 27.6 Å². The first kappa shape index (κ1) is 11.7. The third-order valence-corrected chi connectivity index (χ3v) is 5.28. The van der Waals surface area contributed by atoms with E-state index >= 15 is 0 Å². The van der Waals surface area contributed by atoms with Gasteiger partial charge in [0, 0.05) is 11.8 Å². The second kappa shape index (κ2) is 3.93. The molecule has 6 nitrogen and oxygen atoms in total. The summed E-state index contributed by atoms with van der Waals surface area (Å²) in [4.78, 5) is 10.7. The molecule has 19 heavy (non-hydrogen) atoms. The lowest BCUT2D eigenvalue weighted by Crippen LogP contribution is -2.36. The molecule has 2 N–H and O–H groups in total. The summed E-state index contributed by atoms with van der Waals surface area (Å²) in [5, 5.41) is 27.2. The normalized spacial score (nSPS) is 46.6. The Morgan fingerprint density at radius 1 is 0.947 bits per heavy atom. The van der Waals surface area contributed by atoms with Gasteiger partial charge in [-0.1, -0.05) is 10.3 Å². The number of hydrogen-bond acceptors (Lipinski definition) is 6. The number of fused-ring (bicyclic) bond motifs is 4. The van der Waals surface area contributed by atoms with Crippen molar-refractivity contribution in [3.63, 3.8) is 0 Å². The largest absolute Gasteiger partial charge is 0.392 e. The van der Waals surface area contributed by atoms with Crippen molar-refractivity contribution in [3.8, 4) is 0 Å². The standard InChI is InChI=1S/C13H18N2O4/c16-5-9-7-1-3-13(11(7)14-18-9)4-2-8-10(6-17)19-15-12(8)13/h7-10,16-17H,1-6H2. The maximum Gasteiger partial charge on any atom is 0.158 e. The number of nitrogens with zero attached hydrogens (tertiary/aromatic N) is 2. The zero-order chi connectivity index (χ0) is 13.0. The van der Waals surface area contributed by atoms with E-state index in [4.69, 9.17) is 9.68 Å². The molecule has 0 aromatic rings. The molecule has 2 aliphatic carbocycles. The van der Waals surface area contributed by atoms with E-state index in [0.717, 1.165) is 37.1 Å². The predicted molar refractivity (Wildman–Crippen MR) is 66.7 cm³/mol. The molecule has 2 heterocycles. The van der Waals surface area contributed by atoms with E-state index in [1.165, 1.54) is 0 Å². The highest BCUT2D eigenvalue weighted by Gasteiger charge is 2.61. The Labute approximate surface area is 111 Å². The maximum atomic E-state index is 9.33. The number of hydrogen-bond donors (Lipinski definition) is 2. The summed E-state index contributed by atoms with van der Waals surface area (Å²) in [5.74, 6) is 0.444. The smallest absolute Gasteiger partial charge is 0.158 e. The summed E-state index contributed by atoms with van der Waals surface area (Å²) in [6.45, 7) is 0.0266. The molecular formula is C13H18N2O4. The number of aliphatic hydroxyl groups is 2. The highest BCUT2D eigenvalue weighted by Crippen LogP contribution is 2.55. The first-order chi connectivity index (χ1) is 9.30. The summed E-state index contributed by atoms with van der Waals surface area (Å²) >= 11 is 0. The minimum Gasteiger partial charge on any atom is -0.392 e. The highest BCUT2D eigenvalue weighted by atomic mass is 16.7. The van der Waals surface area contributed by atoms with Gasteiger partial charge in [-0.15, -0.1) is 0 Å². The Morgan fingerprint density at radius 2 is 1.42 bits per heavy atom. The molecule has 0 aromatic carbocycles. The molecule has 2 aliphatic heterocycles. The molecule has 2 fully saturated rings. The quantitative estimate of drug-likeness (QED) is 0.752. The van der Waals surface area contributed by atoms with Crippen molar-refractivity contribution in [2.75, 3.05) is 13.2 Å². The molecular weight excluding hydrogens is 248 g/mol. The van der Waals surface area contributed by atoms with Gasteiger partial charge in [-0.25, -0.2) is 0 Å². The van der Waals surface area contributed by atoms with Crippen LogP contribution in [0.2, 0.25) is 0 Å². The Bertz CT molecular complexity index is 420. The summed E-state index contributed by atoms with van der Waals surface area (Å²) in [6.07, 6.45) is 3.61. The van der Waals surface area contributed by atoms with Crippen molar-refractivity contribution < 1.29 is 19.9 Å². The van der Waals surface area contributed by atoms with Gasteiger partial charge in [-0.05, 0) is 25.7 Å². The van der Waals surface area contributed by atoms with Crippen LogP contribution in [0, 0.1) is 17.3 Å². The van der Waals surface area contributed by atoms with Crippen LogP contribution in [0.3, 0.4) is 0 Å². The molecule has 6 heteroatoms. The van der Waals surface area contributed by atoms with Crippen LogP contribution in [0.15, 0.2) is 10.3 Å². The fourth-order valence-electron chi connectivity index (χ4n) is 4.31. The van der Waals surface area contributed by atoms with E-state index < -0.39 is 0 Å². The lowest BCUT2D eigenvalue weighted by atomic mass is 9.78. The lowest BCUT2D eigenvalue weighted by molar-refractivity contribution is 0.0145. The maximum absolute atomic E-state index is 9.33. The van der Waals surface area contributed by atoms with Crippen molar-refractivity contribution in [1.29, 1.82) is 0 Å². The van der Waals surface area contributed by atoms with Gasteiger partial charge < -0.3 is 19.9 Å². The van der Waals surface area contributed by atoms with Crippen molar-refractivity contribution in [3.05, 3.63) is 0 Å². The van der Waals surface area contributed by atoms with E-state index in [9.17, 15) is 10.2 Å². The monoisotopic (exact) mass is 266 g/mol. The third-order valence-electron chi connectivity index (χ3n) is 5.28. The zero-order valence-electron chi connectivity index (χ0n) is 10.7. The SMILES string of the molecule is OCC1ON=C2C1CCC21CCC2C1=NOC2CO. The van der Waals surface area contributed by atoms with Crippen LogP contribution in [0.25, 0.3) is 0 Å². The Balaban J connectivity index is 1.67. The van der Waals surface area contributed by atoms with Crippen molar-refractivity contribution in [1.82, 2.24) is 0 Å². The molecule has 4 aliphatic rings. The predicted octanol–water partition coefficient (Wildman–Crippen LogP) is 0.287. The van der Waals surface area contributed by atoms with E-state index in [2.05, 4.69) is 10.3 Å². The fraction of sp³-hybridized carbons (Fsp3) is 0.846. The van der Waals surface area contributed by atoms with E-state index in [1.54, 1.807) is 0 Å². The van der Waals surface area contributed by atoms with E-state index in [1.807, 2.05) is 0 Å². The van der Waals surface area contributed by atoms with Crippen LogP contribution in [0.4, 0.5) is 0 Å². The Hall–Kier alpha value is -1.14. The van der Waals surface area contributed by atoms with Crippen LogP contribution < -0.4 is 0 Å². The first-order valence-electron chi connectivity index (χ1n) is 7.00.